The van der Waals surface area contributed by atoms with Crippen LogP contribution >= 0.6 is 0 Å². The summed E-state index contributed by atoms with van der Waals surface area (Å²) in [7, 11) is 0. The van der Waals surface area contributed by atoms with Crippen LogP contribution in [0.1, 0.15) is 56.6 Å². The molecule has 1 saturated carbocycles. The minimum absolute atomic E-state index is 0.0548. The molecule has 0 bridgehead atoms. The number of carbonyl (C=O) groups excluding carboxylic acids is 2. The van der Waals surface area contributed by atoms with Gasteiger partial charge in [-0.2, -0.15) is 0 Å². The molecule has 0 radical (unpaired) electrons. The van der Waals surface area contributed by atoms with E-state index in [0.29, 0.717) is 19.4 Å². The molecule has 35 heavy (non-hydrogen) atoms. The van der Waals surface area contributed by atoms with Crippen molar-refractivity contribution >= 4 is 18.0 Å². The molecule has 186 valence electrons. The molecule has 0 heterocycles. The van der Waals surface area contributed by atoms with Crippen molar-refractivity contribution in [2.45, 2.75) is 51.5 Å². The minimum atomic E-state index is -0.808. The van der Waals surface area contributed by atoms with Crippen molar-refractivity contribution in [3.05, 3.63) is 59.7 Å². The number of hydrogen-bond donors (Lipinski definition) is 3. The summed E-state index contributed by atoms with van der Waals surface area (Å²) in [6, 6.07) is 15.5. The molecule has 1 fully saturated rings. The molecular weight excluding hydrogens is 444 g/mol. The van der Waals surface area contributed by atoms with Crippen molar-refractivity contribution in [2.24, 2.45) is 17.8 Å². The molecule has 2 aliphatic carbocycles. The molecule has 7 nitrogen and oxygen atoms in total. The highest BCUT2D eigenvalue weighted by Crippen LogP contribution is 2.44. The SMILES string of the molecule is CC(C)CC(NC(=O)OCC1c2ccccc2-c2ccccc21)C(=O)NC[C@@H]1CCC[C@@H]1C(=O)O. The van der Waals surface area contributed by atoms with Gasteiger partial charge in [-0.15, -0.1) is 0 Å². The Balaban J connectivity index is 1.36. The van der Waals surface area contributed by atoms with E-state index in [1.54, 1.807) is 0 Å². The van der Waals surface area contributed by atoms with Gasteiger partial charge in [-0.05, 0) is 53.4 Å². The van der Waals surface area contributed by atoms with Crippen LogP contribution in [0.4, 0.5) is 4.79 Å². The van der Waals surface area contributed by atoms with E-state index in [4.69, 9.17) is 4.74 Å². The number of alkyl carbamates (subject to hydrolysis) is 1. The van der Waals surface area contributed by atoms with Crippen molar-refractivity contribution in [1.29, 1.82) is 0 Å². The topological polar surface area (TPSA) is 105 Å². The van der Waals surface area contributed by atoms with Crippen LogP contribution in [0.25, 0.3) is 11.1 Å². The Hall–Kier alpha value is -3.35. The lowest BCUT2D eigenvalue weighted by molar-refractivity contribution is -0.143. The molecule has 2 aromatic rings. The zero-order valence-corrected chi connectivity index (χ0v) is 20.3. The van der Waals surface area contributed by atoms with Crippen LogP contribution in [0.3, 0.4) is 0 Å². The Bertz CT molecular complexity index is 1040. The summed E-state index contributed by atoms with van der Waals surface area (Å²) in [5, 5.41) is 15.0. The first-order chi connectivity index (χ1) is 16.8. The van der Waals surface area contributed by atoms with Crippen LogP contribution in [0.15, 0.2) is 48.5 Å². The Labute approximate surface area is 206 Å². The number of nitrogens with one attached hydrogen (secondary N) is 2. The molecule has 4 rings (SSSR count). The van der Waals surface area contributed by atoms with E-state index in [-0.39, 0.29) is 30.3 Å². The van der Waals surface area contributed by atoms with E-state index in [0.717, 1.165) is 35.1 Å². The van der Waals surface area contributed by atoms with E-state index in [2.05, 4.69) is 34.9 Å². The number of carboxylic acids is 1. The lowest BCUT2D eigenvalue weighted by atomic mass is 9.96. The van der Waals surface area contributed by atoms with Crippen LogP contribution in [0.2, 0.25) is 0 Å². The van der Waals surface area contributed by atoms with E-state index < -0.39 is 24.0 Å². The standard InChI is InChI=1S/C28H34N2O5/c1-17(2)14-25(26(31)29-15-18-8-7-13-19(18)27(32)33)30-28(34)35-16-24-22-11-5-3-9-20(22)21-10-4-6-12-23(21)24/h3-6,9-12,17-19,24-25H,7-8,13-16H2,1-2H3,(H,29,31)(H,30,34)(H,32,33)/t18-,19-,25?/m0/s1. The van der Waals surface area contributed by atoms with Gasteiger partial charge in [0.15, 0.2) is 0 Å². The summed E-state index contributed by atoms with van der Waals surface area (Å²) in [6.07, 6.45) is 2.11. The zero-order chi connectivity index (χ0) is 24.9. The van der Waals surface area contributed by atoms with Gasteiger partial charge < -0.3 is 20.5 Å². The number of fused-ring (bicyclic) bond motifs is 3. The number of rotatable bonds is 9. The highest BCUT2D eigenvalue weighted by molar-refractivity contribution is 5.86. The normalized spacial score (nSPS) is 19.6. The van der Waals surface area contributed by atoms with E-state index in [1.165, 1.54) is 0 Å². The second-order valence-corrected chi connectivity index (χ2v) is 10.0. The molecule has 3 N–H and O–H groups in total. The van der Waals surface area contributed by atoms with E-state index >= 15 is 0 Å². The van der Waals surface area contributed by atoms with Crippen molar-refractivity contribution in [2.75, 3.05) is 13.2 Å². The van der Waals surface area contributed by atoms with Gasteiger partial charge in [-0.3, -0.25) is 9.59 Å². The minimum Gasteiger partial charge on any atom is -0.481 e. The second kappa shape index (κ2) is 10.9. The lowest BCUT2D eigenvalue weighted by Crippen LogP contribution is -2.49. The van der Waals surface area contributed by atoms with Crippen LogP contribution < -0.4 is 10.6 Å². The third kappa shape index (κ3) is 5.66. The highest BCUT2D eigenvalue weighted by atomic mass is 16.5. The second-order valence-electron chi connectivity index (χ2n) is 10.0. The van der Waals surface area contributed by atoms with Crippen molar-refractivity contribution in [1.82, 2.24) is 10.6 Å². The Morgan fingerprint density at radius 2 is 1.63 bits per heavy atom. The number of carboxylic acid groups (broad SMARTS) is 1. The van der Waals surface area contributed by atoms with Gasteiger partial charge in [-0.25, -0.2) is 4.79 Å². The maximum Gasteiger partial charge on any atom is 0.407 e. The van der Waals surface area contributed by atoms with Crippen molar-refractivity contribution in [3.8, 4) is 11.1 Å². The Morgan fingerprint density at radius 1 is 1.00 bits per heavy atom. The highest BCUT2D eigenvalue weighted by Gasteiger charge is 2.34. The lowest BCUT2D eigenvalue weighted by Gasteiger charge is -2.23. The van der Waals surface area contributed by atoms with Crippen LogP contribution in [0.5, 0.6) is 0 Å². The third-order valence-electron chi connectivity index (χ3n) is 7.17. The Kier molecular flexibility index (Phi) is 7.73. The first-order valence-corrected chi connectivity index (χ1v) is 12.5. The van der Waals surface area contributed by atoms with Gasteiger partial charge in [0, 0.05) is 12.5 Å². The molecule has 2 aliphatic rings. The van der Waals surface area contributed by atoms with Gasteiger partial charge >= 0.3 is 12.1 Å². The number of ether oxygens (including phenoxy) is 1. The van der Waals surface area contributed by atoms with E-state index in [9.17, 15) is 19.5 Å². The number of benzene rings is 2. The van der Waals surface area contributed by atoms with Crippen molar-refractivity contribution in [3.63, 3.8) is 0 Å². The molecule has 2 amide bonds. The monoisotopic (exact) mass is 478 g/mol. The molecule has 3 atom stereocenters. The fourth-order valence-electron chi connectivity index (χ4n) is 5.45. The summed E-state index contributed by atoms with van der Waals surface area (Å²) >= 11 is 0. The summed E-state index contributed by atoms with van der Waals surface area (Å²) in [4.78, 5) is 37.1. The quantitative estimate of drug-likeness (QED) is 0.490. The number of amides is 2. The summed E-state index contributed by atoms with van der Waals surface area (Å²) in [5.41, 5.74) is 4.56. The fourth-order valence-corrected chi connectivity index (χ4v) is 5.45. The van der Waals surface area contributed by atoms with Crippen LogP contribution in [-0.2, 0) is 14.3 Å². The molecule has 0 spiro atoms. The molecule has 0 saturated heterocycles. The van der Waals surface area contributed by atoms with Crippen molar-refractivity contribution < 1.29 is 24.2 Å². The first kappa shape index (κ1) is 24.8. The van der Waals surface area contributed by atoms with Gasteiger partial charge in [0.05, 0.1) is 5.92 Å². The third-order valence-corrected chi connectivity index (χ3v) is 7.17. The predicted molar refractivity (Wildman–Crippen MR) is 133 cm³/mol. The fraction of sp³-hybridized carbons (Fsp3) is 0.464. The van der Waals surface area contributed by atoms with E-state index in [1.807, 2.05) is 38.1 Å². The summed E-state index contributed by atoms with van der Waals surface area (Å²) < 4.78 is 5.62. The molecule has 7 heteroatoms. The average molecular weight is 479 g/mol. The first-order valence-electron chi connectivity index (χ1n) is 12.5. The molecule has 0 aliphatic heterocycles. The van der Waals surface area contributed by atoms with Gasteiger partial charge in [-0.1, -0.05) is 68.8 Å². The van der Waals surface area contributed by atoms with Gasteiger partial charge in [0.2, 0.25) is 5.91 Å². The van der Waals surface area contributed by atoms with Gasteiger partial charge in [0.1, 0.15) is 12.6 Å². The smallest absolute Gasteiger partial charge is 0.407 e. The number of aliphatic carboxylic acids is 1. The summed E-state index contributed by atoms with van der Waals surface area (Å²) in [6.45, 7) is 4.45. The Morgan fingerprint density at radius 3 is 2.23 bits per heavy atom. The maximum atomic E-state index is 12.9. The maximum absolute atomic E-state index is 12.9. The number of hydrogen-bond acceptors (Lipinski definition) is 4. The molecular formula is C28H34N2O5. The summed E-state index contributed by atoms with van der Waals surface area (Å²) in [5.74, 6) is -1.49. The van der Waals surface area contributed by atoms with Crippen LogP contribution in [0, 0.1) is 17.8 Å². The van der Waals surface area contributed by atoms with Crippen LogP contribution in [-0.4, -0.2) is 42.3 Å². The molecule has 2 aromatic carbocycles. The van der Waals surface area contributed by atoms with Gasteiger partial charge in [0.25, 0.3) is 0 Å². The largest absolute Gasteiger partial charge is 0.481 e. The average Bonchev–Trinajstić information content (AvgIpc) is 3.43. The predicted octanol–water partition coefficient (Wildman–Crippen LogP) is 4.56. The molecule has 1 unspecified atom stereocenters. The molecule has 0 aromatic heterocycles. The number of carbonyl (C=O) groups is 3. The zero-order valence-electron chi connectivity index (χ0n) is 20.3.